The first-order valence-corrected chi connectivity index (χ1v) is 12.7. The van der Waals surface area contributed by atoms with Gasteiger partial charge in [-0.1, -0.05) is 50.6 Å². The monoisotopic (exact) mass is 506 g/mol. The van der Waals surface area contributed by atoms with Crippen LogP contribution in [-0.4, -0.2) is 25.3 Å². The minimum absolute atomic E-state index is 0.105. The molecule has 5 nitrogen and oxygen atoms in total. The third-order valence-corrected chi connectivity index (χ3v) is 7.45. The topological polar surface area (TPSA) is 65.0 Å². The van der Waals surface area contributed by atoms with Gasteiger partial charge in [0, 0.05) is 5.56 Å². The summed E-state index contributed by atoms with van der Waals surface area (Å²) in [5, 5.41) is 10.3. The molecule has 1 N–H and O–H groups in total. The molecular formula is C31H35FO5. The lowest BCUT2D eigenvalue weighted by molar-refractivity contribution is -0.142. The van der Waals surface area contributed by atoms with Crippen LogP contribution in [0.2, 0.25) is 0 Å². The SMILES string of the molecule is COC(=O)C[C@@H](O)c1cccc(OCc2ccc(-c3cc(OC)ccc3F)c([C@H]3CCCC3(C)C)c2)c1. The zero-order chi connectivity index (χ0) is 26.6. The minimum Gasteiger partial charge on any atom is -0.497 e. The maximum atomic E-state index is 15.0. The fourth-order valence-electron chi connectivity index (χ4n) is 5.31. The molecule has 0 aliphatic heterocycles. The van der Waals surface area contributed by atoms with Crippen LogP contribution >= 0.6 is 0 Å². The van der Waals surface area contributed by atoms with Crippen LogP contribution in [0, 0.1) is 11.2 Å². The van der Waals surface area contributed by atoms with Crippen molar-refractivity contribution in [1.29, 1.82) is 0 Å². The lowest BCUT2D eigenvalue weighted by Gasteiger charge is -2.30. The molecule has 0 heterocycles. The fraction of sp³-hybridized carbons (Fsp3) is 0.387. The van der Waals surface area contributed by atoms with E-state index >= 15 is 0 Å². The summed E-state index contributed by atoms with van der Waals surface area (Å²) in [4.78, 5) is 11.5. The zero-order valence-corrected chi connectivity index (χ0v) is 21.9. The molecule has 3 aromatic carbocycles. The number of rotatable bonds is 9. The Balaban J connectivity index is 1.62. The van der Waals surface area contributed by atoms with Gasteiger partial charge < -0.3 is 19.3 Å². The van der Waals surface area contributed by atoms with Crippen LogP contribution in [0.4, 0.5) is 4.39 Å². The second kappa shape index (κ2) is 11.3. The second-order valence-electron chi connectivity index (χ2n) is 10.4. The van der Waals surface area contributed by atoms with E-state index in [1.807, 2.05) is 18.2 Å². The Morgan fingerprint density at radius 1 is 1.05 bits per heavy atom. The second-order valence-corrected chi connectivity index (χ2v) is 10.4. The molecule has 0 saturated heterocycles. The summed E-state index contributed by atoms with van der Waals surface area (Å²) in [6, 6.07) is 18.0. The summed E-state index contributed by atoms with van der Waals surface area (Å²) in [5.74, 6) is 0.754. The Morgan fingerprint density at radius 3 is 2.57 bits per heavy atom. The standard InChI is InChI=1S/C31H35FO5/c1-31(2)14-6-9-27(31)25-15-20(10-12-24(25)26-17-22(35-3)11-13-28(26)32)19-37-23-8-5-7-21(16-23)29(33)18-30(34)36-4/h5,7-8,10-13,15-17,27,29,33H,6,9,14,18-19H2,1-4H3/t27-,29-/m1/s1. The number of benzene rings is 3. The van der Waals surface area contributed by atoms with Crippen molar-refractivity contribution in [3.8, 4) is 22.6 Å². The lowest BCUT2D eigenvalue weighted by Crippen LogP contribution is -2.17. The Bertz CT molecular complexity index is 1250. The average Bonchev–Trinajstić information content (AvgIpc) is 3.26. The molecule has 1 fully saturated rings. The largest absolute Gasteiger partial charge is 0.497 e. The Morgan fingerprint density at radius 2 is 1.86 bits per heavy atom. The van der Waals surface area contributed by atoms with Crippen molar-refractivity contribution in [2.75, 3.05) is 14.2 Å². The smallest absolute Gasteiger partial charge is 0.308 e. The van der Waals surface area contributed by atoms with Gasteiger partial charge in [-0.2, -0.15) is 0 Å². The van der Waals surface area contributed by atoms with Gasteiger partial charge >= 0.3 is 5.97 Å². The maximum Gasteiger partial charge on any atom is 0.308 e. The van der Waals surface area contributed by atoms with Crippen molar-refractivity contribution in [3.05, 3.63) is 83.2 Å². The van der Waals surface area contributed by atoms with Crippen molar-refractivity contribution in [2.24, 2.45) is 5.41 Å². The summed E-state index contributed by atoms with van der Waals surface area (Å²) >= 11 is 0. The molecule has 2 atom stereocenters. The quantitative estimate of drug-likeness (QED) is 0.318. The number of hydrogen-bond acceptors (Lipinski definition) is 5. The first kappa shape index (κ1) is 26.7. The van der Waals surface area contributed by atoms with E-state index in [1.54, 1.807) is 37.4 Å². The summed E-state index contributed by atoms with van der Waals surface area (Å²) in [5.41, 5.74) is 4.21. The molecule has 0 amide bonds. The third-order valence-electron chi connectivity index (χ3n) is 7.45. The first-order valence-electron chi connectivity index (χ1n) is 12.7. The summed E-state index contributed by atoms with van der Waals surface area (Å²) < 4.78 is 31.1. The van der Waals surface area contributed by atoms with Crippen LogP contribution in [0.25, 0.3) is 11.1 Å². The van der Waals surface area contributed by atoms with Gasteiger partial charge in [0.1, 0.15) is 23.9 Å². The highest BCUT2D eigenvalue weighted by molar-refractivity contribution is 5.71. The molecule has 4 rings (SSSR count). The maximum absolute atomic E-state index is 15.0. The van der Waals surface area contributed by atoms with Gasteiger partial charge in [-0.25, -0.2) is 4.39 Å². The predicted molar refractivity (Wildman–Crippen MR) is 141 cm³/mol. The number of carbonyl (C=O) groups is 1. The fourth-order valence-corrected chi connectivity index (χ4v) is 5.31. The van der Waals surface area contributed by atoms with Crippen molar-refractivity contribution < 1.29 is 28.5 Å². The van der Waals surface area contributed by atoms with Gasteiger partial charge in [-0.05, 0) is 76.8 Å². The van der Waals surface area contributed by atoms with Gasteiger partial charge in [0.15, 0.2) is 0 Å². The van der Waals surface area contributed by atoms with Gasteiger partial charge in [-0.3, -0.25) is 4.79 Å². The molecule has 0 bridgehead atoms. The zero-order valence-electron chi connectivity index (χ0n) is 21.9. The molecule has 1 aliphatic rings. The third kappa shape index (κ3) is 6.13. The van der Waals surface area contributed by atoms with Crippen LogP contribution < -0.4 is 9.47 Å². The molecule has 6 heteroatoms. The Kier molecular flexibility index (Phi) is 8.18. The molecule has 3 aromatic rings. The van der Waals surface area contributed by atoms with Crippen molar-refractivity contribution in [2.45, 2.75) is 58.2 Å². The van der Waals surface area contributed by atoms with Gasteiger partial charge in [0.2, 0.25) is 0 Å². The molecule has 196 valence electrons. The van der Waals surface area contributed by atoms with Gasteiger partial charge in [0.25, 0.3) is 0 Å². The number of ether oxygens (including phenoxy) is 3. The van der Waals surface area contributed by atoms with Crippen LogP contribution in [0.15, 0.2) is 60.7 Å². The van der Waals surface area contributed by atoms with Crippen LogP contribution in [0.5, 0.6) is 11.5 Å². The highest BCUT2D eigenvalue weighted by Crippen LogP contribution is 2.51. The number of hydrogen-bond donors (Lipinski definition) is 1. The van der Waals surface area contributed by atoms with Crippen molar-refractivity contribution in [3.63, 3.8) is 0 Å². The molecule has 1 saturated carbocycles. The van der Waals surface area contributed by atoms with Gasteiger partial charge in [-0.15, -0.1) is 0 Å². The summed E-state index contributed by atoms with van der Waals surface area (Å²) in [7, 11) is 2.88. The van der Waals surface area contributed by atoms with E-state index in [-0.39, 0.29) is 17.7 Å². The number of carbonyl (C=O) groups excluding carboxylic acids is 1. The normalized spacial score (nSPS) is 17.3. The lowest BCUT2D eigenvalue weighted by atomic mass is 9.75. The van der Waals surface area contributed by atoms with Crippen LogP contribution in [-0.2, 0) is 16.1 Å². The molecule has 0 unspecified atom stereocenters. The van der Waals surface area contributed by atoms with Crippen LogP contribution in [0.3, 0.4) is 0 Å². The number of aliphatic hydroxyl groups excluding tert-OH is 1. The molecular weight excluding hydrogens is 471 g/mol. The molecule has 0 aromatic heterocycles. The van der Waals surface area contributed by atoms with Crippen molar-refractivity contribution >= 4 is 5.97 Å². The van der Waals surface area contributed by atoms with E-state index < -0.39 is 12.1 Å². The highest BCUT2D eigenvalue weighted by Gasteiger charge is 2.37. The van der Waals surface area contributed by atoms with E-state index in [1.165, 1.54) is 13.2 Å². The molecule has 0 radical (unpaired) electrons. The van der Waals surface area contributed by atoms with E-state index in [0.29, 0.717) is 35.2 Å². The summed E-state index contributed by atoms with van der Waals surface area (Å²) in [6.07, 6.45) is 2.22. The first-order chi connectivity index (χ1) is 17.7. The summed E-state index contributed by atoms with van der Waals surface area (Å²) in [6.45, 7) is 4.88. The Labute approximate surface area is 218 Å². The Hall–Kier alpha value is -3.38. The molecule has 37 heavy (non-hydrogen) atoms. The van der Waals surface area contributed by atoms with Crippen molar-refractivity contribution in [1.82, 2.24) is 0 Å². The van der Waals surface area contributed by atoms with E-state index in [9.17, 15) is 14.3 Å². The van der Waals surface area contributed by atoms with E-state index in [4.69, 9.17) is 9.47 Å². The number of halogens is 1. The van der Waals surface area contributed by atoms with Crippen LogP contribution in [0.1, 0.15) is 68.2 Å². The number of esters is 1. The average molecular weight is 507 g/mol. The predicted octanol–water partition coefficient (Wildman–Crippen LogP) is 6.97. The minimum atomic E-state index is -0.968. The number of aliphatic hydroxyl groups is 1. The molecule has 0 spiro atoms. The molecule has 1 aliphatic carbocycles. The van der Waals surface area contributed by atoms with E-state index in [0.717, 1.165) is 36.0 Å². The van der Waals surface area contributed by atoms with Gasteiger partial charge in [0.05, 0.1) is 26.7 Å². The van der Waals surface area contributed by atoms with E-state index in [2.05, 4.69) is 24.7 Å². The highest BCUT2D eigenvalue weighted by atomic mass is 19.1. The number of methoxy groups -OCH3 is 2.